The Kier molecular flexibility index (Phi) is 3.54. The summed E-state index contributed by atoms with van der Waals surface area (Å²) < 4.78 is 28.2. The maximum atomic E-state index is 12.7. The summed E-state index contributed by atoms with van der Waals surface area (Å²) in [6.07, 6.45) is 1.61. The molecule has 110 valence electrons. The van der Waals surface area contributed by atoms with Crippen LogP contribution in [0.1, 0.15) is 13.3 Å². The molecule has 1 aliphatic heterocycles. The van der Waals surface area contributed by atoms with Gasteiger partial charge in [0.1, 0.15) is 0 Å². The van der Waals surface area contributed by atoms with Gasteiger partial charge in [0, 0.05) is 24.7 Å². The van der Waals surface area contributed by atoms with E-state index in [4.69, 9.17) is 11.6 Å². The van der Waals surface area contributed by atoms with E-state index >= 15 is 0 Å². The Morgan fingerprint density at radius 3 is 3.00 bits per heavy atom. The van der Waals surface area contributed by atoms with Crippen molar-refractivity contribution in [3.8, 4) is 0 Å². The third-order valence-corrected chi connectivity index (χ3v) is 6.67. The van der Waals surface area contributed by atoms with Gasteiger partial charge < -0.3 is 5.11 Å². The summed E-state index contributed by atoms with van der Waals surface area (Å²) >= 11 is 7.31. The van der Waals surface area contributed by atoms with Crippen LogP contribution in [-0.2, 0) is 10.0 Å². The number of nitrogens with zero attached hydrogens (tertiary/aromatic N) is 3. The minimum atomic E-state index is -3.75. The van der Waals surface area contributed by atoms with Gasteiger partial charge in [0.25, 0.3) is 10.0 Å². The van der Waals surface area contributed by atoms with Crippen LogP contribution >= 0.6 is 22.9 Å². The fraction of sp³-hybridized carbons (Fsp3) is 0.545. The molecule has 3 rings (SSSR count). The van der Waals surface area contributed by atoms with Crippen LogP contribution in [0.25, 0.3) is 4.96 Å². The molecule has 20 heavy (non-hydrogen) atoms. The van der Waals surface area contributed by atoms with E-state index in [-0.39, 0.29) is 22.6 Å². The van der Waals surface area contributed by atoms with E-state index in [0.29, 0.717) is 17.9 Å². The quantitative estimate of drug-likeness (QED) is 0.901. The monoisotopic (exact) mass is 335 g/mol. The van der Waals surface area contributed by atoms with E-state index in [2.05, 4.69) is 4.98 Å². The number of hydrogen-bond acceptors (Lipinski definition) is 5. The number of sulfonamides is 1. The Hall–Kier alpha value is -0.670. The van der Waals surface area contributed by atoms with Gasteiger partial charge in [0.05, 0.1) is 6.10 Å². The molecular weight excluding hydrogens is 322 g/mol. The van der Waals surface area contributed by atoms with Crippen molar-refractivity contribution in [3.63, 3.8) is 0 Å². The zero-order chi connectivity index (χ0) is 14.5. The molecule has 1 fully saturated rings. The smallest absolute Gasteiger partial charge is 0.262 e. The lowest BCUT2D eigenvalue weighted by atomic mass is 9.98. The number of β-amino-alcohol motifs (C(OH)–C–C–N with tert-alkyl or cyclic N) is 1. The molecule has 0 radical (unpaired) electrons. The predicted octanol–water partition coefficient (Wildman–Crippen LogP) is 1.44. The van der Waals surface area contributed by atoms with Crippen molar-refractivity contribution >= 4 is 37.9 Å². The minimum absolute atomic E-state index is 0.0165. The Morgan fingerprint density at radius 1 is 1.55 bits per heavy atom. The molecule has 0 aromatic carbocycles. The molecule has 0 aliphatic carbocycles. The van der Waals surface area contributed by atoms with Crippen molar-refractivity contribution in [3.05, 3.63) is 16.7 Å². The van der Waals surface area contributed by atoms with Crippen molar-refractivity contribution in [2.75, 3.05) is 13.1 Å². The first-order valence-electron chi connectivity index (χ1n) is 6.20. The van der Waals surface area contributed by atoms with Crippen LogP contribution in [0.5, 0.6) is 0 Å². The van der Waals surface area contributed by atoms with Crippen molar-refractivity contribution in [2.45, 2.75) is 24.5 Å². The molecule has 9 heteroatoms. The lowest BCUT2D eigenvalue weighted by Gasteiger charge is -2.33. The van der Waals surface area contributed by atoms with E-state index in [1.165, 1.54) is 20.0 Å². The largest absolute Gasteiger partial charge is 0.391 e. The van der Waals surface area contributed by atoms with Gasteiger partial charge in [0.2, 0.25) is 0 Å². The SMILES string of the molecule is CC1CCN(S(=O)(=O)c2c(Cl)nc3sccn23)CC1O. The molecule has 0 bridgehead atoms. The van der Waals surface area contributed by atoms with Gasteiger partial charge in [-0.15, -0.1) is 11.3 Å². The van der Waals surface area contributed by atoms with Gasteiger partial charge in [-0.1, -0.05) is 18.5 Å². The molecule has 0 saturated carbocycles. The van der Waals surface area contributed by atoms with E-state index < -0.39 is 16.1 Å². The van der Waals surface area contributed by atoms with E-state index in [9.17, 15) is 13.5 Å². The summed E-state index contributed by atoms with van der Waals surface area (Å²) in [6, 6.07) is 0. The minimum Gasteiger partial charge on any atom is -0.391 e. The van der Waals surface area contributed by atoms with Gasteiger partial charge in [-0.3, -0.25) is 4.40 Å². The number of aliphatic hydroxyl groups excluding tert-OH is 1. The van der Waals surface area contributed by atoms with Crippen molar-refractivity contribution in [1.82, 2.24) is 13.7 Å². The highest BCUT2D eigenvalue weighted by molar-refractivity contribution is 7.89. The van der Waals surface area contributed by atoms with Gasteiger partial charge in [-0.05, 0) is 12.3 Å². The Labute approximate surface area is 125 Å². The Balaban J connectivity index is 2.04. The fourth-order valence-electron chi connectivity index (χ4n) is 2.33. The number of imidazole rings is 1. The number of piperidine rings is 1. The summed E-state index contributed by atoms with van der Waals surface area (Å²) in [6.45, 7) is 2.39. The van der Waals surface area contributed by atoms with Gasteiger partial charge >= 0.3 is 0 Å². The molecule has 2 aromatic heterocycles. The molecule has 2 atom stereocenters. The molecular formula is C11H14ClN3O3S2. The number of rotatable bonds is 2. The first-order chi connectivity index (χ1) is 9.41. The topological polar surface area (TPSA) is 74.9 Å². The standard InChI is InChI=1S/C11H14ClN3O3S2/c1-7-2-3-14(6-8(7)16)20(17,18)10-9(12)13-11-15(10)4-5-19-11/h4-5,7-8,16H,2-3,6H2,1H3. The number of halogens is 1. The van der Waals surface area contributed by atoms with E-state index in [1.54, 1.807) is 11.6 Å². The lowest BCUT2D eigenvalue weighted by Crippen LogP contribution is -2.46. The molecule has 3 heterocycles. The maximum Gasteiger partial charge on any atom is 0.262 e. The number of aliphatic hydroxyl groups is 1. The molecule has 1 aliphatic rings. The van der Waals surface area contributed by atoms with Gasteiger partial charge in [-0.2, -0.15) is 4.31 Å². The molecule has 0 spiro atoms. The van der Waals surface area contributed by atoms with Crippen LogP contribution in [0, 0.1) is 5.92 Å². The van der Waals surface area contributed by atoms with Crippen LogP contribution < -0.4 is 0 Å². The first kappa shape index (κ1) is 14.3. The van der Waals surface area contributed by atoms with Crippen molar-refractivity contribution in [2.24, 2.45) is 5.92 Å². The zero-order valence-electron chi connectivity index (χ0n) is 10.7. The second-order valence-electron chi connectivity index (χ2n) is 4.96. The van der Waals surface area contributed by atoms with Crippen LogP contribution in [0.2, 0.25) is 5.15 Å². The van der Waals surface area contributed by atoms with Crippen LogP contribution in [0.15, 0.2) is 16.6 Å². The second kappa shape index (κ2) is 4.96. The molecule has 0 amide bonds. The summed E-state index contributed by atoms with van der Waals surface area (Å²) in [5.74, 6) is 0.100. The number of fused-ring (bicyclic) bond motifs is 1. The highest BCUT2D eigenvalue weighted by Crippen LogP contribution is 2.30. The van der Waals surface area contributed by atoms with Crippen molar-refractivity contribution in [1.29, 1.82) is 0 Å². The van der Waals surface area contributed by atoms with Crippen LogP contribution in [0.4, 0.5) is 0 Å². The Bertz CT molecular complexity index is 739. The highest BCUT2D eigenvalue weighted by atomic mass is 35.5. The van der Waals surface area contributed by atoms with Crippen molar-refractivity contribution < 1.29 is 13.5 Å². The maximum absolute atomic E-state index is 12.7. The third-order valence-electron chi connectivity index (χ3n) is 3.64. The molecule has 6 nitrogen and oxygen atoms in total. The van der Waals surface area contributed by atoms with Gasteiger partial charge in [0.15, 0.2) is 15.1 Å². The summed E-state index contributed by atoms with van der Waals surface area (Å²) in [5.41, 5.74) is 0. The lowest BCUT2D eigenvalue weighted by molar-refractivity contribution is 0.0604. The van der Waals surface area contributed by atoms with Crippen LogP contribution in [-0.4, -0.2) is 46.4 Å². The second-order valence-corrected chi connectivity index (χ2v) is 8.04. The summed E-state index contributed by atoms with van der Waals surface area (Å²) in [5, 5.41) is 11.6. The third kappa shape index (κ3) is 2.15. The average Bonchev–Trinajstić information content (AvgIpc) is 2.91. The van der Waals surface area contributed by atoms with Crippen LogP contribution in [0.3, 0.4) is 0 Å². The van der Waals surface area contributed by atoms with E-state index in [1.807, 2.05) is 6.92 Å². The summed E-state index contributed by atoms with van der Waals surface area (Å²) in [4.78, 5) is 4.59. The number of aromatic nitrogens is 2. The normalized spacial score (nSPS) is 25.4. The fourth-order valence-corrected chi connectivity index (χ4v) is 5.21. The predicted molar refractivity (Wildman–Crippen MR) is 76.6 cm³/mol. The molecule has 2 aromatic rings. The zero-order valence-corrected chi connectivity index (χ0v) is 13.1. The average molecular weight is 336 g/mol. The molecule has 2 unspecified atom stereocenters. The first-order valence-corrected chi connectivity index (χ1v) is 8.90. The molecule has 1 N–H and O–H groups in total. The number of hydrogen-bond donors (Lipinski definition) is 1. The number of thiazole rings is 1. The highest BCUT2D eigenvalue weighted by Gasteiger charge is 2.36. The van der Waals surface area contributed by atoms with Gasteiger partial charge in [-0.25, -0.2) is 13.4 Å². The Morgan fingerprint density at radius 2 is 2.30 bits per heavy atom. The summed E-state index contributed by atoms with van der Waals surface area (Å²) in [7, 11) is -3.75. The van der Waals surface area contributed by atoms with E-state index in [0.717, 1.165) is 0 Å². The molecule has 1 saturated heterocycles.